The van der Waals surface area contributed by atoms with Gasteiger partial charge in [-0.05, 0) is 48.7 Å². The Kier molecular flexibility index (Phi) is 9.10. The first-order chi connectivity index (χ1) is 18.5. The summed E-state index contributed by atoms with van der Waals surface area (Å²) < 4.78 is 27.0. The number of halogens is 2. The molecule has 0 unspecified atom stereocenters. The van der Waals surface area contributed by atoms with Crippen LogP contribution in [-0.4, -0.2) is 72.6 Å². The van der Waals surface area contributed by atoms with Crippen LogP contribution in [0.15, 0.2) is 42.6 Å². The van der Waals surface area contributed by atoms with Gasteiger partial charge in [0.05, 0.1) is 6.61 Å². The zero-order chi connectivity index (χ0) is 28.2. The lowest BCUT2D eigenvalue weighted by Gasteiger charge is -2.41. The van der Waals surface area contributed by atoms with Gasteiger partial charge in [-0.1, -0.05) is 43.4 Å². The fraction of sp³-hybridized carbons (Fsp3) is 0.464. The Morgan fingerprint density at radius 2 is 1.82 bits per heavy atom. The van der Waals surface area contributed by atoms with E-state index in [1.54, 1.807) is 28.9 Å². The zero-order valence-electron chi connectivity index (χ0n) is 22.6. The number of hydrogen-bond acceptors (Lipinski definition) is 5. The van der Waals surface area contributed by atoms with Crippen LogP contribution in [0.2, 0.25) is 30.7 Å². The van der Waals surface area contributed by atoms with Crippen LogP contribution in [0.3, 0.4) is 0 Å². The number of carbonyl (C=O) groups excluding carboxylic acids is 1. The molecule has 1 aliphatic rings. The van der Waals surface area contributed by atoms with Crippen LogP contribution < -0.4 is 0 Å². The van der Waals surface area contributed by atoms with Crippen molar-refractivity contribution >= 4 is 42.5 Å². The molecule has 1 amide bonds. The monoisotopic (exact) mass is 575 g/mol. The fourth-order valence-corrected chi connectivity index (χ4v) is 5.81. The highest BCUT2D eigenvalue weighted by Crippen LogP contribution is 2.36. The summed E-state index contributed by atoms with van der Waals surface area (Å²) in [5.74, 6) is -0.608. The van der Waals surface area contributed by atoms with Crippen molar-refractivity contribution in [2.75, 3.05) is 32.9 Å². The average Bonchev–Trinajstić information content (AvgIpc) is 3.28. The SMILES string of the molecule is C[Si](C)(C)CCOCn1cc2cc(Cl)cc(C(=O)COCC3(c4ccc(F)cc4)CCN(C(=O)O)CC3)c2n1. The van der Waals surface area contributed by atoms with E-state index in [2.05, 4.69) is 24.7 Å². The second-order valence-corrected chi connectivity index (χ2v) is 17.4. The summed E-state index contributed by atoms with van der Waals surface area (Å²) in [5, 5.41) is 15.1. The molecule has 0 radical (unpaired) electrons. The van der Waals surface area contributed by atoms with E-state index in [9.17, 15) is 19.1 Å². The molecule has 8 nitrogen and oxygen atoms in total. The third-order valence-corrected chi connectivity index (χ3v) is 9.12. The van der Waals surface area contributed by atoms with E-state index in [4.69, 9.17) is 21.1 Å². The van der Waals surface area contributed by atoms with Crippen LogP contribution >= 0.6 is 11.6 Å². The molecule has 1 N–H and O–H groups in total. The molecule has 0 saturated carbocycles. The molecule has 3 aromatic rings. The van der Waals surface area contributed by atoms with Gasteiger partial charge in [-0.3, -0.25) is 4.79 Å². The fourth-order valence-electron chi connectivity index (χ4n) is 4.83. The Bertz CT molecular complexity index is 1320. The lowest BCUT2D eigenvalue weighted by Crippen LogP contribution is -2.47. The molecule has 2 aromatic carbocycles. The number of likely N-dealkylation sites (tertiary alicyclic amines) is 1. The van der Waals surface area contributed by atoms with E-state index in [1.807, 2.05) is 6.20 Å². The highest BCUT2D eigenvalue weighted by molar-refractivity contribution is 6.76. The van der Waals surface area contributed by atoms with Gasteiger partial charge < -0.3 is 19.5 Å². The minimum atomic E-state index is -1.20. The van der Waals surface area contributed by atoms with E-state index in [-0.39, 0.29) is 31.5 Å². The molecular weight excluding hydrogens is 541 g/mol. The molecule has 39 heavy (non-hydrogen) atoms. The number of aromatic nitrogens is 2. The molecule has 1 aliphatic heterocycles. The molecule has 1 fully saturated rings. The van der Waals surface area contributed by atoms with Crippen molar-refractivity contribution in [2.45, 2.75) is 50.7 Å². The maximum atomic E-state index is 13.6. The number of ether oxygens (including phenoxy) is 2. The number of rotatable bonds is 11. The standard InChI is InChI=1S/C28H35ClFN3O5Si/c1-39(2,3)13-12-37-19-33-16-20-14-22(29)15-24(26(20)31-33)25(34)17-38-18-28(21-4-6-23(30)7-5-21)8-10-32(11-9-28)27(35)36/h4-7,14-16H,8-13,17-19H2,1-3H3,(H,35,36). The number of nitrogens with zero attached hydrogens (tertiary/aromatic N) is 3. The Labute approximate surface area is 233 Å². The highest BCUT2D eigenvalue weighted by Gasteiger charge is 2.38. The normalized spacial score (nSPS) is 15.6. The summed E-state index contributed by atoms with van der Waals surface area (Å²) in [6, 6.07) is 10.6. The summed E-state index contributed by atoms with van der Waals surface area (Å²) in [4.78, 5) is 26.1. The summed E-state index contributed by atoms with van der Waals surface area (Å²) >= 11 is 6.32. The van der Waals surface area contributed by atoms with E-state index in [0.29, 0.717) is 48.6 Å². The van der Waals surface area contributed by atoms with Crippen molar-refractivity contribution in [3.8, 4) is 0 Å². The summed E-state index contributed by atoms with van der Waals surface area (Å²) in [6.45, 7) is 8.48. The molecule has 4 rings (SSSR count). The Morgan fingerprint density at radius 1 is 1.13 bits per heavy atom. The highest BCUT2D eigenvalue weighted by atomic mass is 35.5. The van der Waals surface area contributed by atoms with Crippen molar-refractivity contribution in [1.29, 1.82) is 0 Å². The Morgan fingerprint density at radius 3 is 2.46 bits per heavy atom. The lowest BCUT2D eigenvalue weighted by atomic mass is 9.73. The topological polar surface area (TPSA) is 93.9 Å². The zero-order valence-corrected chi connectivity index (χ0v) is 24.3. The van der Waals surface area contributed by atoms with Crippen LogP contribution in [0.25, 0.3) is 10.9 Å². The van der Waals surface area contributed by atoms with Crippen LogP contribution in [0.5, 0.6) is 0 Å². The van der Waals surface area contributed by atoms with Gasteiger partial charge in [-0.25, -0.2) is 13.9 Å². The summed E-state index contributed by atoms with van der Waals surface area (Å²) in [6.07, 6.45) is 1.85. The van der Waals surface area contributed by atoms with Crippen molar-refractivity contribution in [2.24, 2.45) is 0 Å². The lowest BCUT2D eigenvalue weighted by molar-refractivity contribution is 0.0417. The van der Waals surface area contributed by atoms with E-state index < -0.39 is 19.6 Å². The number of carboxylic acid groups (broad SMARTS) is 1. The van der Waals surface area contributed by atoms with Gasteiger partial charge in [0.1, 0.15) is 24.7 Å². The molecular formula is C28H35ClFN3O5Si. The van der Waals surface area contributed by atoms with Gasteiger partial charge in [0.25, 0.3) is 0 Å². The van der Waals surface area contributed by atoms with E-state index in [1.165, 1.54) is 17.0 Å². The Hall–Kier alpha value is -2.79. The summed E-state index contributed by atoms with van der Waals surface area (Å²) in [5.41, 5.74) is 1.23. The molecule has 0 bridgehead atoms. The average molecular weight is 576 g/mol. The number of Topliss-reactive ketones (excluding diaryl/α,β-unsaturated/α-hetero) is 1. The maximum absolute atomic E-state index is 13.6. The molecule has 0 spiro atoms. The quantitative estimate of drug-likeness (QED) is 0.170. The van der Waals surface area contributed by atoms with Crippen LogP contribution in [0, 0.1) is 5.82 Å². The second-order valence-electron chi connectivity index (χ2n) is 11.4. The number of carbonyl (C=O) groups is 2. The first kappa shape index (κ1) is 29.2. The molecule has 210 valence electrons. The van der Waals surface area contributed by atoms with E-state index in [0.717, 1.165) is 17.0 Å². The molecule has 1 aromatic heterocycles. The largest absolute Gasteiger partial charge is 0.465 e. The number of ketones is 1. The molecule has 0 atom stereocenters. The number of hydrogen-bond donors (Lipinski definition) is 1. The van der Waals surface area contributed by atoms with Gasteiger partial charge in [-0.15, -0.1) is 0 Å². The third kappa shape index (κ3) is 7.45. The molecule has 0 aliphatic carbocycles. The maximum Gasteiger partial charge on any atom is 0.407 e. The van der Waals surface area contributed by atoms with Crippen LogP contribution in [-0.2, 0) is 21.6 Å². The predicted octanol–water partition coefficient (Wildman–Crippen LogP) is 6.05. The third-order valence-electron chi connectivity index (χ3n) is 7.20. The first-order valence-corrected chi connectivity index (χ1v) is 17.1. The summed E-state index contributed by atoms with van der Waals surface area (Å²) in [7, 11) is -1.20. The molecule has 1 saturated heterocycles. The van der Waals surface area contributed by atoms with Gasteiger partial charge in [-0.2, -0.15) is 5.10 Å². The van der Waals surface area contributed by atoms with Crippen molar-refractivity contribution in [3.63, 3.8) is 0 Å². The van der Waals surface area contributed by atoms with Crippen molar-refractivity contribution < 1.29 is 28.6 Å². The van der Waals surface area contributed by atoms with E-state index >= 15 is 0 Å². The predicted molar refractivity (Wildman–Crippen MR) is 151 cm³/mol. The van der Waals surface area contributed by atoms with Gasteiger partial charge in [0, 0.05) is 55.4 Å². The van der Waals surface area contributed by atoms with Crippen LogP contribution in [0.1, 0.15) is 28.8 Å². The number of benzene rings is 2. The number of amides is 1. The molecule has 2 heterocycles. The Balaban J connectivity index is 1.45. The van der Waals surface area contributed by atoms with Gasteiger partial charge in [0.15, 0.2) is 5.78 Å². The first-order valence-electron chi connectivity index (χ1n) is 13.1. The number of fused-ring (bicyclic) bond motifs is 1. The van der Waals surface area contributed by atoms with Crippen LogP contribution in [0.4, 0.5) is 9.18 Å². The minimum absolute atomic E-state index is 0.194. The van der Waals surface area contributed by atoms with Crippen molar-refractivity contribution in [3.05, 3.63) is 64.6 Å². The second kappa shape index (κ2) is 12.2. The van der Waals surface area contributed by atoms with Gasteiger partial charge in [0.2, 0.25) is 0 Å². The number of piperidine rings is 1. The van der Waals surface area contributed by atoms with Gasteiger partial charge >= 0.3 is 6.09 Å². The van der Waals surface area contributed by atoms with Crippen molar-refractivity contribution in [1.82, 2.24) is 14.7 Å². The smallest absolute Gasteiger partial charge is 0.407 e. The molecule has 11 heteroatoms. The minimum Gasteiger partial charge on any atom is -0.465 e.